The third-order valence-electron chi connectivity index (χ3n) is 3.48. The van der Waals surface area contributed by atoms with E-state index >= 15 is 0 Å². The highest BCUT2D eigenvalue weighted by Crippen LogP contribution is 2.22. The molecule has 0 atom stereocenters. The van der Waals surface area contributed by atoms with E-state index in [4.69, 9.17) is 0 Å². The Balaban J connectivity index is 1.96. The molecule has 0 spiro atoms. The van der Waals surface area contributed by atoms with Gasteiger partial charge in [0.05, 0.1) is 17.0 Å². The Kier molecular flexibility index (Phi) is 4.95. The Morgan fingerprint density at radius 3 is 2.26 bits per heavy atom. The fourth-order valence-corrected chi connectivity index (χ4v) is 2.20. The molecule has 0 aliphatic rings. The minimum Gasteiger partial charge on any atom is -0.376 e. The number of hydrogen-bond acceptors (Lipinski definition) is 4. The zero-order chi connectivity index (χ0) is 16.9. The second-order valence-corrected chi connectivity index (χ2v) is 5.70. The van der Waals surface area contributed by atoms with Crippen LogP contribution in [0.1, 0.15) is 19.4 Å². The molecule has 6 heteroatoms. The number of carbonyl (C=O) groups is 1. The zero-order valence-electron chi connectivity index (χ0n) is 13.1. The Bertz CT molecular complexity index is 682. The van der Waals surface area contributed by atoms with Gasteiger partial charge in [0.1, 0.15) is 0 Å². The van der Waals surface area contributed by atoms with Crippen LogP contribution in [0.3, 0.4) is 0 Å². The number of amides is 1. The van der Waals surface area contributed by atoms with Crippen LogP contribution >= 0.6 is 0 Å². The number of nitro groups is 1. The van der Waals surface area contributed by atoms with Crippen LogP contribution in [0.15, 0.2) is 54.6 Å². The molecule has 0 saturated carbocycles. The third kappa shape index (κ3) is 4.54. The lowest BCUT2D eigenvalue weighted by Gasteiger charge is -2.27. The summed E-state index contributed by atoms with van der Waals surface area (Å²) in [7, 11) is 0. The lowest BCUT2D eigenvalue weighted by Crippen LogP contribution is -2.43. The molecular weight excluding hydrogens is 294 g/mol. The van der Waals surface area contributed by atoms with Crippen molar-refractivity contribution < 1.29 is 9.72 Å². The molecule has 0 radical (unpaired) electrons. The van der Waals surface area contributed by atoms with Gasteiger partial charge in [0.25, 0.3) is 5.69 Å². The van der Waals surface area contributed by atoms with Crippen molar-refractivity contribution in [1.29, 1.82) is 0 Å². The first kappa shape index (κ1) is 16.5. The molecule has 0 aliphatic heterocycles. The minimum absolute atomic E-state index is 0.0293. The van der Waals surface area contributed by atoms with Crippen LogP contribution in [0.2, 0.25) is 0 Å². The molecule has 0 saturated heterocycles. The molecule has 23 heavy (non-hydrogen) atoms. The lowest BCUT2D eigenvalue weighted by molar-refractivity contribution is -0.384. The molecule has 2 rings (SSSR count). The van der Waals surface area contributed by atoms with Crippen molar-refractivity contribution >= 4 is 17.3 Å². The highest BCUT2D eigenvalue weighted by atomic mass is 16.6. The van der Waals surface area contributed by atoms with Gasteiger partial charge in [0, 0.05) is 17.8 Å². The number of rotatable bonds is 6. The van der Waals surface area contributed by atoms with Gasteiger partial charge < -0.3 is 10.6 Å². The Morgan fingerprint density at radius 2 is 1.70 bits per heavy atom. The smallest absolute Gasteiger partial charge is 0.269 e. The van der Waals surface area contributed by atoms with E-state index in [0.717, 1.165) is 11.3 Å². The van der Waals surface area contributed by atoms with E-state index in [2.05, 4.69) is 10.6 Å². The van der Waals surface area contributed by atoms with Crippen molar-refractivity contribution in [1.82, 2.24) is 5.32 Å². The summed E-state index contributed by atoms with van der Waals surface area (Å²) in [6, 6.07) is 15.6. The van der Waals surface area contributed by atoms with Crippen LogP contribution in [0, 0.1) is 10.1 Å². The molecule has 0 fully saturated rings. The number of para-hydroxylation sites is 1. The van der Waals surface area contributed by atoms with Gasteiger partial charge >= 0.3 is 0 Å². The summed E-state index contributed by atoms with van der Waals surface area (Å²) >= 11 is 0. The van der Waals surface area contributed by atoms with Gasteiger partial charge in [-0.05, 0) is 43.7 Å². The molecule has 2 N–H and O–H groups in total. The summed E-state index contributed by atoms with van der Waals surface area (Å²) in [5, 5.41) is 16.6. The van der Waals surface area contributed by atoms with E-state index in [9.17, 15) is 14.9 Å². The lowest BCUT2D eigenvalue weighted by atomic mass is 9.94. The third-order valence-corrected chi connectivity index (χ3v) is 3.48. The fourth-order valence-electron chi connectivity index (χ4n) is 2.20. The van der Waals surface area contributed by atoms with Gasteiger partial charge in [-0.15, -0.1) is 0 Å². The molecular formula is C17H19N3O3. The molecule has 6 nitrogen and oxygen atoms in total. The number of nitro benzene ring substituents is 1. The predicted molar refractivity (Wildman–Crippen MR) is 89.2 cm³/mol. The molecule has 0 bridgehead atoms. The number of anilines is 1. The Morgan fingerprint density at radius 1 is 1.09 bits per heavy atom. The van der Waals surface area contributed by atoms with Gasteiger partial charge in [-0.25, -0.2) is 0 Å². The first-order valence-electron chi connectivity index (χ1n) is 7.23. The average molecular weight is 313 g/mol. The van der Waals surface area contributed by atoms with E-state index in [1.54, 1.807) is 12.1 Å². The maximum atomic E-state index is 12.1. The molecule has 0 unspecified atom stereocenters. The van der Waals surface area contributed by atoms with E-state index in [-0.39, 0.29) is 18.1 Å². The maximum absolute atomic E-state index is 12.1. The van der Waals surface area contributed by atoms with Gasteiger partial charge in [-0.2, -0.15) is 0 Å². The van der Waals surface area contributed by atoms with Gasteiger partial charge in [0.15, 0.2) is 0 Å². The number of nitrogens with zero attached hydrogens (tertiary/aromatic N) is 1. The zero-order valence-corrected chi connectivity index (χ0v) is 13.1. The monoisotopic (exact) mass is 313 g/mol. The number of non-ortho nitro benzene ring substituents is 1. The van der Waals surface area contributed by atoms with Crippen molar-refractivity contribution in [2.24, 2.45) is 0 Å². The van der Waals surface area contributed by atoms with E-state index in [0.29, 0.717) is 0 Å². The second kappa shape index (κ2) is 6.91. The second-order valence-electron chi connectivity index (χ2n) is 5.70. The molecule has 2 aromatic carbocycles. The quantitative estimate of drug-likeness (QED) is 0.634. The SMILES string of the molecule is CC(C)(NC(=O)CNc1ccccc1)c1ccc([N+](=O)[O-])cc1. The average Bonchev–Trinajstić information content (AvgIpc) is 2.53. The molecule has 0 aliphatic carbocycles. The molecule has 1 amide bonds. The highest BCUT2D eigenvalue weighted by Gasteiger charge is 2.23. The predicted octanol–water partition coefficient (Wildman–Crippen LogP) is 3.06. The van der Waals surface area contributed by atoms with Gasteiger partial charge in [0.2, 0.25) is 5.91 Å². The van der Waals surface area contributed by atoms with Crippen molar-refractivity contribution in [3.05, 3.63) is 70.3 Å². The molecule has 2 aromatic rings. The van der Waals surface area contributed by atoms with Crippen molar-refractivity contribution in [2.45, 2.75) is 19.4 Å². The van der Waals surface area contributed by atoms with E-state index in [1.165, 1.54) is 12.1 Å². The van der Waals surface area contributed by atoms with Gasteiger partial charge in [-0.1, -0.05) is 18.2 Å². The van der Waals surface area contributed by atoms with Crippen LogP contribution < -0.4 is 10.6 Å². The Hall–Kier alpha value is -2.89. The summed E-state index contributed by atoms with van der Waals surface area (Å²) in [6.07, 6.45) is 0. The Labute approximate surface area is 134 Å². The standard InChI is InChI=1S/C17H19N3O3/c1-17(2,13-8-10-15(11-9-13)20(22)23)19-16(21)12-18-14-6-4-3-5-7-14/h3-11,18H,12H2,1-2H3,(H,19,21). The first-order chi connectivity index (χ1) is 10.9. The van der Waals surface area contributed by atoms with Gasteiger partial charge in [-0.3, -0.25) is 14.9 Å². The maximum Gasteiger partial charge on any atom is 0.269 e. The van der Waals surface area contributed by atoms with Crippen molar-refractivity contribution in [3.8, 4) is 0 Å². The topological polar surface area (TPSA) is 84.3 Å². The number of carbonyl (C=O) groups excluding carboxylic acids is 1. The van der Waals surface area contributed by atoms with E-state index in [1.807, 2.05) is 44.2 Å². The molecule has 0 heterocycles. The molecule has 120 valence electrons. The summed E-state index contributed by atoms with van der Waals surface area (Å²) in [5.74, 6) is -0.155. The number of nitrogens with one attached hydrogen (secondary N) is 2. The van der Waals surface area contributed by atoms with Crippen LogP contribution in [-0.2, 0) is 10.3 Å². The van der Waals surface area contributed by atoms with Crippen molar-refractivity contribution in [2.75, 3.05) is 11.9 Å². The first-order valence-corrected chi connectivity index (χ1v) is 7.23. The normalized spacial score (nSPS) is 10.9. The summed E-state index contributed by atoms with van der Waals surface area (Å²) < 4.78 is 0. The molecule has 0 aromatic heterocycles. The van der Waals surface area contributed by atoms with Crippen molar-refractivity contribution in [3.63, 3.8) is 0 Å². The van der Waals surface area contributed by atoms with Crippen LogP contribution in [0.4, 0.5) is 11.4 Å². The largest absolute Gasteiger partial charge is 0.376 e. The van der Waals surface area contributed by atoms with Crippen LogP contribution in [0.25, 0.3) is 0 Å². The fraction of sp³-hybridized carbons (Fsp3) is 0.235. The summed E-state index contributed by atoms with van der Waals surface area (Å²) in [4.78, 5) is 22.3. The minimum atomic E-state index is -0.620. The number of hydrogen-bond donors (Lipinski definition) is 2. The highest BCUT2D eigenvalue weighted by molar-refractivity contribution is 5.81. The van der Waals surface area contributed by atoms with Crippen LogP contribution in [-0.4, -0.2) is 17.4 Å². The summed E-state index contributed by atoms with van der Waals surface area (Å²) in [5.41, 5.74) is 1.08. The van der Waals surface area contributed by atoms with E-state index < -0.39 is 10.5 Å². The number of benzene rings is 2. The van der Waals surface area contributed by atoms with Crippen LogP contribution in [0.5, 0.6) is 0 Å². The summed E-state index contributed by atoms with van der Waals surface area (Å²) in [6.45, 7) is 3.86.